The Morgan fingerprint density at radius 2 is 1.90 bits per heavy atom. The van der Waals surface area contributed by atoms with Gasteiger partial charge in [-0.1, -0.05) is 18.2 Å². The summed E-state index contributed by atoms with van der Waals surface area (Å²) >= 11 is 0. The molecule has 0 N–H and O–H groups in total. The van der Waals surface area contributed by atoms with Crippen LogP contribution in [0, 0.1) is 5.82 Å². The molecule has 1 aromatic heterocycles. The summed E-state index contributed by atoms with van der Waals surface area (Å²) in [6.07, 6.45) is 3.04. The second-order valence-corrected chi connectivity index (χ2v) is 5.94. The van der Waals surface area contributed by atoms with Gasteiger partial charge in [-0.3, -0.25) is 4.98 Å². The molecule has 1 saturated heterocycles. The van der Waals surface area contributed by atoms with E-state index in [1.54, 1.807) is 12.1 Å². The third-order valence-electron chi connectivity index (χ3n) is 4.24. The lowest BCUT2D eigenvalue weighted by Gasteiger charge is -2.28. The van der Waals surface area contributed by atoms with E-state index in [0.29, 0.717) is 12.3 Å². The maximum atomic E-state index is 13.3. The van der Waals surface area contributed by atoms with Crippen molar-refractivity contribution in [1.29, 1.82) is 0 Å². The predicted octanol–water partition coefficient (Wildman–Crippen LogP) is 3.62. The zero-order valence-electron chi connectivity index (χ0n) is 12.4. The Balaban J connectivity index is 1.74. The predicted molar refractivity (Wildman–Crippen MR) is 82.9 cm³/mol. The van der Waals surface area contributed by atoms with E-state index in [9.17, 15) is 4.39 Å². The van der Waals surface area contributed by atoms with Crippen molar-refractivity contribution in [3.8, 4) is 0 Å². The third-order valence-corrected chi connectivity index (χ3v) is 4.24. The number of hydrogen-bond donors (Lipinski definition) is 0. The lowest BCUT2D eigenvalue weighted by molar-refractivity contribution is 0.253. The van der Waals surface area contributed by atoms with Crippen LogP contribution in [0.2, 0.25) is 0 Å². The highest BCUT2D eigenvalue weighted by Crippen LogP contribution is 2.26. The van der Waals surface area contributed by atoms with Gasteiger partial charge in [0.1, 0.15) is 5.82 Å². The van der Waals surface area contributed by atoms with Crippen LogP contribution < -0.4 is 0 Å². The molecule has 3 rings (SSSR count). The molecule has 0 radical (unpaired) electrons. The van der Waals surface area contributed by atoms with Crippen LogP contribution in [0.15, 0.2) is 42.5 Å². The van der Waals surface area contributed by atoms with Crippen molar-refractivity contribution in [2.75, 3.05) is 20.1 Å². The molecule has 0 atom stereocenters. The first-order valence-electron chi connectivity index (χ1n) is 7.59. The van der Waals surface area contributed by atoms with E-state index in [0.717, 1.165) is 24.3 Å². The average molecular weight is 284 g/mol. The number of pyridine rings is 1. The summed E-state index contributed by atoms with van der Waals surface area (Å²) in [5.74, 6) is 0.382. The smallest absolute Gasteiger partial charge is 0.123 e. The fraction of sp³-hybridized carbons (Fsp3) is 0.389. The topological polar surface area (TPSA) is 16.1 Å². The molecule has 2 heterocycles. The molecule has 21 heavy (non-hydrogen) atoms. The summed E-state index contributed by atoms with van der Waals surface area (Å²) < 4.78 is 13.3. The van der Waals surface area contributed by atoms with Crippen molar-refractivity contribution in [3.63, 3.8) is 0 Å². The fourth-order valence-corrected chi connectivity index (χ4v) is 2.98. The van der Waals surface area contributed by atoms with Crippen LogP contribution in [0.5, 0.6) is 0 Å². The molecular weight excluding hydrogens is 263 g/mol. The first-order chi connectivity index (χ1) is 10.2. The highest BCUT2D eigenvalue weighted by molar-refractivity contribution is 5.24. The van der Waals surface area contributed by atoms with Crippen LogP contribution in [-0.2, 0) is 6.42 Å². The molecule has 0 spiro atoms. The average Bonchev–Trinajstić information content (AvgIpc) is 2.48. The van der Waals surface area contributed by atoms with Crippen molar-refractivity contribution in [1.82, 2.24) is 9.88 Å². The van der Waals surface area contributed by atoms with Gasteiger partial charge in [0.15, 0.2) is 0 Å². The molecule has 0 bridgehead atoms. The summed E-state index contributed by atoms with van der Waals surface area (Å²) in [5.41, 5.74) is 3.19. The highest BCUT2D eigenvalue weighted by Gasteiger charge is 2.19. The van der Waals surface area contributed by atoms with Gasteiger partial charge in [0.05, 0.1) is 0 Å². The highest BCUT2D eigenvalue weighted by atomic mass is 19.1. The van der Waals surface area contributed by atoms with Crippen molar-refractivity contribution < 1.29 is 4.39 Å². The number of hydrogen-bond acceptors (Lipinski definition) is 2. The molecule has 2 nitrogen and oxygen atoms in total. The zero-order chi connectivity index (χ0) is 14.7. The van der Waals surface area contributed by atoms with Gasteiger partial charge in [-0.15, -0.1) is 0 Å². The van der Waals surface area contributed by atoms with Gasteiger partial charge in [0.25, 0.3) is 0 Å². The molecular formula is C18H21FN2. The number of rotatable bonds is 3. The molecule has 1 aliphatic heterocycles. The molecule has 0 amide bonds. The lowest BCUT2D eigenvalue weighted by atomic mass is 9.93. The fourth-order valence-electron chi connectivity index (χ4n) is 2.98. The van der Waals surface area contributed by atoms with Gasteiger partial charge in [0.2, 0.25) is 0 Å². The van der Waals surface area contributed by atoms with E-state index in [2.05, 4.69) is 24.1 Å². The lowest BCUT2D eigenvalue weighted by Crippen LogP contribution is -2.29. The minimum absolute atomic E-state index is 0.182. The van der Waals surface area contributed by atoms with E-state index in [-0.39, 0.29) is 5.82 Å². The van der Waals surface area contributed by atoms with Crippen LogP contribution >= 0.6 is 0 Å². The summed E-state index contributed by atoms with van der Waals surface area (Å²) in [5, 5.41) is 0. The standard InChI is InChI=1S/C18H21FN2/c1-21-10-8-15(9-11-21)18-7-3-6-17(20-18)13-14-4-2-5-16(19)12-14/h2-7,12,15H,8-11,13H2,1H3. The number of aromatic nitrogens is 1. The number of halogens is 1. The maximum Gasteiger partial charge on any atom is 0.123 e. The molecule has 1 aromatic carbocycles. The zero-order valence-corrected chi connectivity index (χ0v) is 12.4. The molecule has 0 aliphatic carbocycles. The normalized spacial score (nSPS) is 17.0. The summed E-state index contributed by atoms with van der Waals surface area (Å²) in [7, 11) is 2.17. The Hall–Kier alpha value is -1.74. The van der Waals surface area contributed by atoms with Gasteiger partial charge in [-0.2, -0.15) is 0 Å². The number of nitrogens with zero attached hydrogens (tertiary/aromatic N) is 2. The van der Waals surface area contributed by atoms with Crippen LogP contribution in [0.4, 0.5) is 4.39 Å². The van der Waals surface area contributed by atoms with Gasteiger partial charge >= 0.3 is 0 Å². The van der Waals surface area contributed by atoms with Crippen molar-refractivity contribution in [2.24, 2.45) is 0 Å². The second kappa shape index (κ2) is 6.35. The molecule has 0 saturated carbocycles. The minimum Gasteiger partial charge on any atom is -0.306 e. The Kier molecular flexibility index (Phi) is 4.30. The third kappa shape index (κ3) is 3.67. The van der Waals surface area contributed by atoms with Crippen molar-refractivity contribution >= 4 is 0 Å². The van der Waals surface area contributed by atoms with Gasteiger partial charge in [-0.05, 0) is 62.8 Å². The molecule has 0 unspecified atom stereocenters. The van der Waals surface area contributed by atoms with Crippen LogP contribution in [0.3, 0.4) is 0 Å². The van der Waals surface area contributed by atoms with Crippen molar-refractivity contribution in [3.05, 3.63) is 65.2 Å². The van der Waals surface area contributed by atoms with E-state index in [1.165, 1.54) is 24.6 Å². The number of likely N-dealkylation sites (tertiary alicyclic amines) is 1. The Morgan fingerprint density at radius 1 is 1.14 bits per heavy atom. The molecule has 1 aliphatic rings. The van der Waals surface area contributed by atoms with Crippen LogP contribution in [-0.4, -0.2) is 30.0 Å². The molecule has 3 heteroatoms. The largest absolute Gasteiger partial charge is 0.306 e. The quantitative estimate of drug-likeness (QED) is 0.856. The maximum absolute atomic E-state index is 13.3. The Morgan fingerprint density at radius 3 is 2.67 bits per heavy atom. The first kappa shape index (κ1) is 14.2. The van der Waals surface area contributed by atoms with E-state index < -0.39 is 0 Å². The van der Waals surface area contributed by atoms with Gasteiger partial charge in [-0.25, -0.2) is 4.39 Å². The number of benzene rings is 1. The van der Waals surface area contributed by atoms with E-state index >= 15 is 0 Å². The Bertz CT molecular complexity index is 604. The van der Waals surface area contributed by atoms with Crippen LogP contribution in [0.1, 0.15) is 35.7 Å². The molecule has 2 aromatic rings. The summed E-state index contributed by atoms with van der Waals surface area (Å²) in [6.45, 7) is 2.28. The molecule has 1 fully saturated rings. The summed E-state index contributed by atoms with van der Waals surface area (Å²) in [6, 6.07) is 13.0. The first-order valence-corrected chi connectivity index (χ1v) is 7.59. The second-order valence-electron chi connectivity index (χ2n) is 5.94. The summed E-state index contributed by atoms with van der Waals surface area (Å²) in [4.78, 5) is 7.17. The SMILES string of the molecule is CN1CCC(c2cccc(Cc3cccc(F)c3)n2)CC1. The van der Waals surface area contributed by atoms with Gasteiger partial charge in [0, 0.05) is 23.7 Å². The number of piperidine rings is 1. The Labute approximate surface area is 125 Å². The van der Waals surface area contributed by atoms with E-state index in [1.807, 2.05) is 12.1 Å². The van der Waals surface area contributed by atoms with E-state index in [4.69, 9.17) is 4.98 Å². The molecule has 110 valence electrons. The van der Waals surface area contributed by atoms with Crippen molar-refractivity contribution in [2.45, 2.75) is 25.2 Å². The van der Waals surface area contributed by atoms with Crippen LogP contribution in [0.25, 0.3) is 0 Å². The minimum atomic E-state index is -0.182. The van der Waals surface area contributed by atoms with Gasteiger partial charge < -0.3 is 4.90 Å². The monoisotopic (exact) mass is 284 g/mol.